The van der Waals surface area contributed by atoms with Crippen LogP contribution in [0.15, 0.2) is 12.1 Å². The molecule has 0 saturated heterocycles. The second-order valence-corrected chi connectivity index (χ2v) is 2.83. The van der Waals surface area contributed by atoms with Crippen molar-refractivity contribution in [1.29, 1.82) is 5.41 Å². The maximum absolute atomic E-state index is 9.39. The van der Waals surface area contributed by atoms with Crippen molar-refractivity contribution >= 4 is 16.6 Å². The van der Waals surface area contributed by atoms with Gasteiger partial charge in [0, 0.05) is 0 Å². The zero-order valence-corrected chi connectivity index (χ0v) is 6.97. The van der Waals surface area contributed by atoms with Crippen LogP contribution in [0.2, 0.25) is 0 Å². The van der Waals surface area contributed by atoms with Crippen LogP contribution in [-0.4, -0.2) is 25.2 Å². The summed E-state index contributed by atoms with van der Waals surface area (Å²) in [6.45, 7) is 0. The van der Waals surface area contributed by atoms with Gasteiger partial charge in [0.25, 0.3) is 0 Å². The Kier molecular flexibility index (Phi) is 1.39. The third kappa shape index (κ3) is 0.777. The summed E-state index contributed by atoms with van der Waals surface area (Å²) < 4.78 is 0. The molecule has 0 fully saturated rings. The molecule has 14 heavy (non-hydrogen) atoms. The maximum Gasteiger partial charge on any atom is 0.197 e. The summed E-state index contributed by atoms with van der Waals surface area (Å²) >= 11 is 0. The predicted molar refractivity (Wildman–Crippen MR) is 46.2 cm³/mol. The molecule has 0 saturated carbocycles. The molecule has 0 bridgehead atoms. The summed E-state index contributed by atoms with van der Waals surface area (Å²) in [6.07, 6.45) is 0. The lowest BCUT2D eigenvalue weighted by atomic mass is 10.2. The van der Waals surface area contributed by atoms with Crippen LogP contribution in [0.25, 0.3) is 10.9 Å². The molecule has 0 radical (unpaired) electrons. The second kappa shape index (κ2) is 2.34. The zero-order chi connectivity index (χ0) is 10.5. The van der Waals surface area contributed by atoms with Gasteiger partial charge in [-0.25, -0.2) is 0 Å². The zero-order valence-electron chi connectivity index (χ0n) is 6.97. The van der Waals surface area contributed by atoms with Crippen molar-refractivity contribution in [2.24, 2.45) is 0 Å². The van der Waals surface area contributed by atoms with Gasteiger partial charge in [0.05, 0.1) is 11.1 Å². The molecule has 7 nitrogen and oxygen atoms in total. The molecule has 2 rings (SSSR count). The standard InChI is InChI=1S/C7H8N4O3/c8-3-1-2-4(12)5-6(3)10(13)11(14)7(5)9/h1-2,9,12-14H,8H2. The summed E-state index contributed by atoms with van der Waals surface area (Å²) in [6, 6.07) is 2.65. The first-order valence-electron chi connectivity index (χ1n) is 3.72. The van der Waals surface area contributed by atoms with Crippen molar-refractivity contribution in [2.75, 3.05) is 5.73 Å². The van der Waals surface area contributed by atoms with E-state index in [1.807, 2.05) is 0 Å². The van der Waals surface area contributed by atoms with E-state index in [-0.39, 0.29) is 27.2 Å². The van der Waals surface area contributed by atoms with Crippen molar-refractivity contribution < 1.29 is 15.5 Å². The highest BCUT2D eigenvalue weighted by Gasteiger charge is 2.15. The van der Waals surface area contributed by atoms with Crippen LogP contribution in [0.4, 0.5) is 5.69 Å². The number of hydrogen-bond acceptors (Lipinski definition) is 5. The first-order chi connectivity index (χ1) is 6.54. The van der Waals surface area contributed by atoms with Crippen molar-refractivity contribution in [3.63, 3.8) is 0 Å². The number of phenols is 1. The Morgan fingerprint density at radius 2 is 1.86 bits per heavy atom. The van der Waals surface area contributed by atoms with Crippen LogP contribution < -0.4 is 11.2 Å². The van der Waals surface area contributed by atoms with Gasteiger partial charge in [-0.05, 0) is 12.1 Å². The van der Waals surface area contributed by atoms with Gasteiger partial charge < -0.3 is 21.3 Å². The van der Waals surface area contributed by atoms with E-state index in [0.717, 1.165) is 0 Å². The van der Waals surface area contributed by atoms with Gasteiger partial charge in [-0.3, -0.25) is 5.41 Å². The smallest absolute Gasteiger partial charge is 0.197 e. The first kappa shape index (κ1) is 8.30. The number of nitrogens with one attached hydrogen (secondary N) is 1. The van der Waals surface area contributed by atoms with Gasteiger partial charge in [0.15, 0.2) is 5.49 Å². The van der Waals surface area contributed by atoms with Crippen LogP contribution in [0.1, 0.15) is 0 Å². The second-order valence-electron chi connectivity index (χ2n) is 2.83. The molecule has 1 aromatic heterocycles. The van der Waals surface area contributed by atoms with E-state index in [4.69, 9.17) is 16.4 Å². The lowest BCUT2D eigenvalue weighted by molar-refractivity contribution is -0.0102. The lowest BCUT2D eigenvalue weighted by Gasteiger charge is -1.99. The number of fused-ring (bicyclic) bond motifs is 1. The number of hydrogen-bond donors (Lipinski definition) is 5. The van der Waals surface area contributed by atoms with Gasteiger partial charge >= 0.3 is 0 Å². The molecular formula is C7H8N4O3. The molecule has 0 unspecified atom stereocenters. The molecule has 1 heterocycles. The third-order valence-corrected chi connectivity index (χ3v) is 2.00. The van der Waals surface area contributed by atoms with Crippen LogP contribution in [0, 0.1) is 5.41 Å². The summed E-state index contributed by atoms with van der Waals surface area (Å²) in [5.74, 6) is -0.227. The quantitative estimate of drug-likeness (QED) is 0.225. The molecule has 2 aromatic rings. The molecule has 0 spiro atoms. The highest BCUT2D eigenvalue weighted by atomic mass is 16.6. The summed E-state index contributed by atoms with van der Waals surface area (Å²) in [5.41, 5.74) is 5.22. The summed E-state index contributed by atoms with van der Waals surface area (Å²) in [7, 11) is 0. The molecule has 1 aromatic carbocycles. The molecule has 0 aliphatic heterocycles. The highest BCUT2D eigenvalue weighted by Crippen LogP contribution is 2.25. The molecule has 7 heteroatoms. The SMILES string of the molecule is N=c1c2c(O)ccc(N)c2n(O)n1O. The highest BCUT2D eigenvalue weighted by molar-refractivity contribution is 5.93. The lowest BCUT2D eigenvalue weighted by Crippen LogP contribution is -2.18. The molecular weight excluding hydrogens is 188 g/mol. The minimum Gasteiger partial charge on any atom is -0.507 e. The summed E-state index contributed by atoms with van der Waals surface area (Å²) in [5, 5.41) is 35.2. The van der Waals surface area contributed by atoms with Gasteiger partial charge in [-0.15, -0.1) is 0 Å². The average Bonchev–Trinajstić information content (AvgIpc) is 2.38. The molecule has 0 aliphatic rings. The number of aromatic hydroxyl groups is 1. The number of benzene rings is 1. The fourth-order valence-corrected chi connectivity index (χ4v) is 1.34. The van der Waals surface area contributed by atoms with Gasteiger partial charge in [-0.2, -0.15) is 0 Å². The Labute approximate surface area is 77.2 Å². The average molecular weight is 196 g/mol. The molecule has 0 atom stereocenters. The number of aromatic nitrogens is 2. The van der Waals surface area contributed by atoms with Gasteiger partial charge in [0.2, 0.25) is 0 Å². The molecule has 0 aliphatic carbocycles. The minimum atomic E-state index is -0.438. The first-order valence-corrected chi connectivity index (χ1v) is 3.72. The van der Waals surface area contributed by atoms with E-state index in [9.17, 15) is 10.3 Å². The van der Waals surface area contributed by atoms with E-state index in [2.05, 4.69) is 0 Å². The number of anilines is 1. The van der Waals surface area contributed by atoms with E-state index in [1.165, 1.54) is 12.1 Å². The Morgan fingerprint density at radius 3 is 2.43 bits per heavy atom. The molecule has 6 N–H and O–H groups in total. The van der Waals surface area contributed by atoms with E-state index in [0.29, 0.717) is 4.85 Å². The third-order valence-electron chi connectivity index (χ3n) is 2.00. The van der Waals surface area contributed by atoms with Crippen molar-refractivity contribution in [2.45, 2.75) is 0 Å². The van der Waals surface area contributed by atoms with Crippen molar-refractivity contribution in [3.05, 3.63) is 17.6 Å². The largest absolute Gasteiger partial charge is 0.507 e. The molecule has 74 valence electrons. The number of nitrogen functional groups attached to an aromatic ring is 1. The Balaban J connectivity index is 3.16. The normalized spacial score (nSPS) is 10.9. The van der Waals surface area contributed by atoms with Crippen LogP contribution >= 0.6 is 0 Å². The Hall–Kier alpha value is -2.31. The van der Waals surface area contributed by atoms with E-state index in [1.54, 1.807) is 0 Å². The topological polar surface area (TPSA) is 120 Å². The van der Waals surface area contributed by atoms with E-state index >= 15 is 0 Å². The number of rotatable bonds is 0. The molecule has 0 amide bonds. The van der Waals surface area contributed by atoms with Crippen LogP contribution in [-0.2, 0) is 0 Å². The van der Waals surface area contributed by atoms with E-state index < -0.39 is 5.49 Å². The number of nitrogens with zero attached hydrogens (tertiary/aromatic N) is 2. The number of nitrogens with two attached hydrogens (primary N) is 1. The van der Waals surface area contributed by atoms with Gasteiger partial charge in [0.1, 0.15) is 11.3 Å². The predicted octanol–water partition coefficient (Wildman–Crippen LogP) is -0.315. The fourth-order valence-electron chi connectivity index (χ4n) is 1.34. The van der Waals surface area contributed by atoms with Crippen molar-refractivity contribution in [1.82, 2.24) is 9.69 Å². The van der Waals surface area contributed by atoms with Crippen LogP contribution in [0.3, 0.4) is 0 Å². The van der Waals surface area contributed by atoms with Crippen LogP contribution in [0.5, 0.6) is 5.75 Å². The summed E-state index contributed by atoms with van der Waals surface area (Å²) in [4.78, 5) is 0.480. The Bertz CT molecular complexity index is 568. The monoisotopic (exact) mass is 196 g/mol. The van der Waals surface area contributed by atoms with Crippen molar-refractivity contribution in [3.8, 4) is 5.75 Å². The maximum atomic E-state index is 9.39. The fraction of sp³-hybridized carbons (Fsp3) is 0. The number of phenolic OH excluding ortho intramolecular Hbond substituents is 1. The minimum absolute atomic E-state index is 0.00231. The van der Waals surface area contributed by atoms with Gasteiger partial charge in [-0.1, -0.05) is 9.69 Å². The Morgan fingerprint density at radius 1 is 1.21 bits per heavy atom.